The molecule has 1 unspecified atom stereocenters. The lowest BCUT2D eigenvalue weighted by atomic mass is 9.84. The van der Waals surface area contributed by atoms with E-state index in [9.17, 15) is 0 Å². The van der Waals surface area contributed by atoms with Crippen LogP contribution in [-0.2, 0) is 0 Å². The van der Waals surface area contributed by atoms with Crippen molar-refractivity contribution in [3.63, 3.8) is 0 Å². The van der Waals surface area contributed by atoms with Crippen molar-refractivity contribution in [1.29, 1.82) is 0 Å². The fourth-order valence-corrected chi connectivity index (χ4v) is 6.15. The predicted octanol–water partition coefficient (Wildman–Crippen LogP) is 3.20. The molecule has 1 atom stereocenters. The zero-order valence-electron chi connectivity index (χ0n) is 18.5. The molecule has 3 heterocycles. The maximum absolute atomic E-state index is 4.67. The lowest BCUT2D eigenvalue weighted by Gasteiger charge is -2.50. The molecule has 3 aliphatic rings. The van der Waals surface area contributed by atoms with Gasteiger partial charge in [0.15, 0.2) is 5.96 Å². The summed E-state index contributed by atoms with van der Waals surface area (Å²) < 4.78 is 0. The van der Waals surface area contributed by atoms with Gasteiger partial charge in [-0.15, -0.1) is 24.0 Å². The molecule has 0 spiro atoms. The van der Waals surface area contributed by atoms with E-state index in [-0.39, 0.29) is 24.0 Å². The van der Waals surface area contributed by atoms with Crippen molar-refractivity contribution in [2.24, 2.45) is 10.9 Å². The molecule has 0 aromatic heterocycles. The summed E-state index contributed by atoms with van der Waals surface area (Å²) in [6.07, 6.45) is 6.69. The van der Waals surface area contributed by atoms with E-state index in [4.69, 9.17) is 0 Å². The molecule has 3 fully saturated rings. The number of halogens is 1. The van der Waals surface area contributed by atoms with Crippen LogP contribution in [-0.4, -0.2) is 97.1 Å². The molecule has 0 aliphatic carbocycles. The van der Waals surface area contributed by atoms with Crippen LogP contribution in [0.1, 0.15) is 46.0 Å². The molecule has 28 heavy (non-hydrogen) atoms. The average molecular weight is 524 g/mol. The second-order valence-corrected chi connectivity index (χ2v) is 10.4. The Morgan fingerprint density at radius 3 is 2.39 bits per heavy atom. The molecule has 0 aromatic carbocycles. The normalized spacial score (nSPS) is 27.5. The van der Waals surface area contributed by atoms with E-state index in [1.54, 1.807) is 0 Å². The first-order valence-electron chi connectivity index (χ1n) is 11.0. The predicted molar refractivity (Wildman–Crippen MR) is 134 cm³/mol. The van der Waals surface area contributed by atoms with Crippen molar-refractivity contribution in [3.8, 4) is 0 Å². The Labute approximate surface area is 194 Å². The van der Waals surface area contributed by atoms with Gasteiger partial charge in [-0.25, -0.2) is 0 Å². The van der Waals surface area contributed by atoms with Crippen molar-refractivity contribution >= 4 is 41.7 Å². The molecule has 164 valence electrons. The fourth-order valence-electron chi connectivity index (χ4n) is 4.85. The molecule has 0 radical (unpaired) electrons. The first-order chi connectivity index (χ1) is 13.0. The summed E-state index contributed by atoms with van der Waals surface area (Å²) >= 11 is 2.13. The van der Waals surface area contributed by atoms with Crippen molar-refractivity contribution < 1.29 is 0 Å². The maximum atomic E-state index is 4.67. The lowest BCUT2D eigenvalue weighted by molar-refractivity contribution is 0.0169. The Morgan fingerprint density at radius 2 is 1.79 bits per heavy atom. The largest absolute Gasteiger partial charge is 0.354 e. The minimum Gasteiger partial charge on any atom is -0.354 e. The second-order valence-electron chi connectivity index (χ2n) is 9.08. The molecule has 3 aliphatic heterocycles. The first kappa shape index (κ1) is 24.5. The van der Waals surface area contributed by atoms with Gasteiger partial charge in [0.05, 0.1) is 0 Å². The minimum absolute atomic E-state index is 0. The van der Waals surface area contributed by atoms with Crippen LogP contribution < -0.4 is 5.32 Å². The van der Waals surface area contributed by atoms with Crippen LogP contribution in [0.5, 0.6) is 0 Å². The third-order valence-corrected chi connectivity index (χ3v) is 8.41. The van der Waals surface area contributed by atoms with Crippen LogP contribution in [0.15, 0.2) is 4.99 Å². The summed E-state index contributed by atoms with van der Waals surface area (Å²) in [5.74, 6) is 3.06. The summed E-state index contributed by atoms with van der Waals surface area (Å²) in [5.41, 5.74) is 0.310. The van der Waals surface area contributed by atoms with Gasteiger partial charge in [-0.05, 0) is 64.8 Å². The van der Waals surface area contributed by atoms with E-state index in [0.29, 0.717) is 5.54 Å². The zero-order valence-corrected chi connectivity index (χ0v) is 21.6. The van der Waals surface area contributed by atoms with Crippen LogP contribution in [0.4, 0.5) is 0 Å². The number of piperidine rings is 2. The molecular formula is C21H42IN5S. The zero-order chi connectivity index (χ0) is 19.3. The number of aliphatic imine (C=N–C) groups is 1. The number of likely N-dealkylation sites (tertiary alicyclic amines) is 2. The van der Waals surface area contributed by atoms with Crippen molar-refractivity contribution in [2.75, 3.05) is 65.7 Å². The molecule has 0 bridgehead atoms. The lowest BCUT2D eigenvalue weighted by Crippen LogP contribution is -2.62. The van der Waals surface area contributed by atoms with Crippen LogP contribution in [0.25, 0.3) is 0 Å². The third-order valence-electron chi connectivity index (χ3n) is 6.87. The van der Waals surface area contributed by atoms with Gasteiger partial charge in [-0.3, -0.25) is 9.89 Å². The van der Waals surface area contributed by atoms with E-state index in [0.717, 1.165) is 36.8 Å². The van der Waals surface area contributed by atoms with Crippen LogP contribution >= 0.6 is 35.7 Å². The number of nitrogens with zero attached hydrogens (tertiary/aromatic N) is 4. The molecule has 1 N–H and O–H groups in total. The van der Waals surface area contributed by atoms with Crippen LogP contribution in [0.3, 0.4) is 0 Å². The number of nitrogens with one attached hydrogen (secondary N) is 1. The monoisotopic (exact) mass is 523 g/mol. The SMILES string of the molecule is CN=C(NCC1(N2CCCCC2)CCN(C)CC1)N1CCSC(C(C)C)C1.I. The highest BCUT2D eigenvalue weighted by Gasteiger charge is 2.40. The van der Waals surface area contributed by atoms with Gasteiger partial charge in [-0.1, -0.05) is 20.3 Å². The fraction of sp³-hybridized carbons (Fsp3) is 0.952. The summed E-state index contributed by atoms with van der Waals surface area (Å²) in [5, 5.41) is 4.55. The molecule has 3 saturated heterocycles. The van der Waals surface area contributed by atoms with Crippen molar-refractivity contribution in [3.05, 3.63) is 0 Å². The molecule has 0 aromatic rings. The van der Waals surface area contributed by atoms with Crippen molar-refractivity contribution in [2.45, 2.75) is 56.7 Å². The van der Waals surface area contributed by atoms with E-state index in [1.807, 2.05) is 7.05 Å². The second kappa shape index (κ2) is 11.6. The molecule has 0 amide bonds. The number of guanidine groups is 1. The van der Waals surface area contributed by atoms with Gasteiger partial charge in [0, 0.05) is 43.2 Å². The summed E-state index contributed by atoms with van der Waals surface area (Å²) in [6, 6.07) is 0. The molecule has 3 rings (SSSR count). The van der Waals surface area contributed by atoms with Crippen LogP contribution in [0.2, 0.25) is 0 Å². The highest BCUT2D eigenvalue weighted by Crippen LogP contribution is 2.31. The molecule has 5 nitrogen and oxygen atoms in total. The van der Waals surface area contributed by atoms with E-state index in [1.165, 1.54) is 64.0 Å². The number of hydrogen-bond donors (Lipinski definition) is 1. The first-order valence-corrected chi connectivity index (χ1v) is 12.1. The standard InChI is InChI=1S/C21H41N5S.HI/c1-18(2)19-16-25(14-15-27-19)20(22-3)23-17-21(8-12-24(4)13-9-21)26-10-6-5-7-11-26;/h18-19H,5-17H2,1-4H3,(H,22,23);1H. The Bertz CT molecular complexity index is 487. The topological polar surface area (TPSA) is 34.1 Å². The number of hydrogen-bond acceptors (Lipinski definition) is 4. The van der Waals surface area contributed by atoms with E-state index in [2.05, 4.69) is 57.7 Å². The Kier molecular flexibility index (Phi) is 10.2. The smallest absolute Gasteiger partial charge is 0.193 e. The van der Waals surface area contributed by atoms with Gasteiger partial charge in [0.1, 0.15) is 0 Å². The van der Waals surface area contributed by atoms with Crippen LogP contribution in [0, 0.1) is 5.92 Å². The Balaban J connectivity index is 0.00000280. The van der Waals surface area contributed by atoms with Gasteiger partial charge in [-0.2, -0.15) is 11.8 Å². The van der Waals surface area contributed by atoms with Gasteiger partial charge in [0.25, 0.3) is 0 Å². The summed E-state index contributed by atoms with van der Waals surface area (Å²) in [4.78, 5) is 12.5. The third kappa shape index (κ3) is 6.14. The molecule has 0 saturated carbocycles. The van der Waals surface area contributed by atoms with E-state index < -0.39 is 0 Å². The highest BCUT2D eigenvalue weighted by molar-refractivity contribution is 14.0. The highest BCUT2D eigenvalue weighted by atomic mass is 127. The van der Waals surface area contributed by atoms with Crippen molar-refractivity contribution in [1.82, 2.24) is 20.0 Å². The van der Waals surface area contributed by atoms with Gasteiger partial charge < -0.3 is 15.1 Å². The number of thioether (sulfide) groups is 1. The maximum Gasteiger partial charge on any atom is 0.193 e. The Morgan fingerprint density at radius 1 is 1.11 bits per heavy atom. The van der Waals surface area contributed by atoms with E-state index >= 15 is 0 Å². The average Bonchev–Trinajstić information content (AvgIpc) is 2.71. The quantitative estimate of drug-likeness (QED) is 0.348. The number of rotatable bonds is 4. The Hall–Kier alpha value is 0.270. The molecule has 7 heteroatoms. The minimum atomic E-state index is 0. The molecular weight excluding hydrogens is 481 g/mol. The van der Waals surface area contributed by atoms with Gasteiger partial charge >= 0.3 is 0 Å². The summed E-state index contributed by atoms with van der Waals surface area (Å²) in [6.45, 7) is 13.0. The summed E-state index contributed by atoms with van der Waals surface area (Å²) in [7, 11) is 4.22. The van der Waals surface area contributed by atoms with Gasteiger partial charge in [0.2, 0.25) is 0 Å².